The number of amides is 1. The summed E-state index contributed by atoms with van der Waals surface area (Å²) in [5, 5.41) is 0. The first kappa shape index (κ1) is 15.5. The highest BCUT2D eigenvalue weighted by Crippen LogP contribution is 2.33. The maximum atomic E-state index is 12.3. The molecule has 2 aliphatic rings. The molecule has 2 fully saturated rings. The molecule has 0 radical (unpaired) electrons. The Morgan fingerprint density at radius 2 is 2.27 bits per heavy atom. The van der Waals surface area contributed by atoms with Gasteiger partial charge in [0.2, 0.25) is 5.91 Å². The molecule has 0 aliphatic carbocycles. The minimum absolute atomic E-state index is 0.0758. The average Bonchev–Trinajstić information content (AvgIpc) is 3.15. The standard InChI is InChI=1S/C16H24N2O4/c1-20-11-16(19)18-6-5-15(21-2)13-9-17(10-14(13)18)8-12-4-3-7-22-12/h3-4,7,13-15H,5-6,8-11H2,1-2H3/t13-,14+,15-/m0/s1. The van der Waals surface area contributed by atoms with Crippen LogP contribution in [0.1, 0.15) is 12.2 Å². The molecule has 3 heterocycles. The summed E-state index contributed by atoms with van der Waals surface area (Å²) in [7, 11) is 3.33. The number of hydrogen-bond donors (Lipinski definition) is 0. The number of hydrogen-bond acceptors (Lipinski definition) is 5. The molecule has 0 bridgehead atoms. The van der Waals surface area contributed by atoms with Crippen LogP contribution in [0.3, 0.4) is 0 Å². The third-order valence-electron chi connectivity index (χ3n) is 4.79. The molecule has 3 rings (SSSR count). The maximum absolute atomic E-state index is 12.3. The molecular weight excluding hydrogens is 284 g/mol. The Morgan fingerprint density at radius 3 is 2.95 bits per heavy atom. The molecule has 3 atom stereocenters. The summed E-state index contributed by atoms with van der Waals surface area (Å²) in [5.74, 6) is 1.39. The molecule has 6 nitrogen and oxygen atoms in total. The monoisotopic (exact) mass is 308 g/mol. The van der Waals surface area contributed by atoms with Crippen LogP contribution in [0.15, 0.2) is 22.8 Å². The smallest absolute Gasteiger partial charge is 0.248 e. The number of piperidine rings is 1. The van der Waals surface area contributed by atoms with Crippen molar-refractivity contribution in [2.45, 2.75) is 25.1 Å². The van der Waals surface area contributed by atoms with Crippen molar-refractivity contribution >= 4 is 5.91 Å². The van der Waals surface area contributed by atoms with Crippen LogP contribution in [0, 0.1) is 5.92 Å². The van der Waals surface area contributed by atoms with Gasteiger partial charge in [-0.1, -0.05) is 0 Å². The highest BCUT2D eigenvalue weighted by molar-refractivity contribution is 5.78. The van der Waals surface area contributed by atoms with Gasteiger partial charge in [-0.15, -0.1) is 0 Å². The summed E-state index contributed by atoms with van der Waals surface area (Å²) in [4.78, 5) is 16.6. The summed E-state index contributed by atoms with van der Waals surface area (Å²) in [6, 6.07) is 4.10. The van der Waals surface area contributed by atoms with Gasteiger partial charge in [0.05, 0.1) is 25.0 Å². The van der Waals surface area contributed by atoms with Crippen LogP contribution in [0.25, 0.3) is 0 Å². The van der Waals surface area contributed by atoms with E-state index in [2.05, 4.69) is 4.90 Å². The third-order valence-corrected chi connectivity index (χ3v) is 4.79. The number of methoxy groups -OCH3 is 2. The molecule has 6 heteroatoms. The molecule has 22 heavy (non-hydrogen) atoms. The molecule has 2 saturated heterocycles. The van der Waals surface area contributed by atoms with E-state index in [1.165, 1.54) is 0 Å². The van der Waals surface area contributed by atoms with Crippen LogP contribution in [-0.2, 0) is 20.8 Å². The molecule has 0 saturated carbocycles. The molecule has 1 aromatic heterocycles. The van der Waals surface area contributed by atoms with Gasteiger partial charge in [-0.2, -0.15) is 0 Å². The van der Waals surface area contributed by atoms with Gasteiger partial charge in [-0.3, -0.25) is 9.69 Å². The highest BCUT2D eigenvalue weighted by Gasteiger charge is 2.45. The first-order valence-electron chi connectivity index (χ1n) is 7.79. The van der Waals surface area contributed by atoms with Gasteiger partial charge in [0, 0.05) is 39.8 Å². The quantitative estimate of drug-likeness (QED) is 0.811. The summed E-state index contributed by atoms with van der Waals surface area (Å²) in [6.45, 7) is 3.47. The molecule has 2 aliphatic heterocycles. The number of carbonyl (C=O) groups excluding carboxylic acids is 1. The second kappa shape index (κ2) is 6.81. The predicted molar refractivity (Wildman–Crippen MR) is 80.3 cm³/mol. The van der Waals surface area contributed by atoms with E-state index in [4.69, 9.17) is 13.9 Å². The van der Waals surface area contributed by atoms with Crippen LogP contribution in [0.2, 0.25) is 0 Å². The molecule has 0 aromatic carbocycles. The molecular formula is C16H24N2O4. The van der Waals surface area contributed by atoms with Crippen molar-refractivity contribution in [3.8, 4) is 0 Å². The minimum atomic E-state index is 0.0758. The molecule has 122 valence electrons. The van der Waals surface area contributed by atoms with E-state index >= 15 is 0 Å². The number of nitrogens with zero attached hydrogens (tertiary/aromatic N) is 2. The lowest BCUT2D eigenvalue weighted by molar-refractivity contribution is -0.142. The Kier molecular flexibility index (Phi) is 4.81. The topological polar surface area (TPSA) is 55.1 Å². The Balaban J connectivity index is 1.70. The Morgan fingerprint density at radius 1 is 1.41 bits per heavy atom. The lowest BCUT2D eigenvalue weighted by atomic mass is 9.89. The van der Waals surface area contributed by atoms with Gasteiger partial charge in [0.25, 0.3) is 0 Å². The van der Waals surface area contributed by atoms with Crippen LogP contribution in [0.4, 0.5) is 0 Å². The van der Waals surface area contributed by atoms with Crippen LogP contribution >= 0.6 is 0 Å². The van der Waals surface area contributed by atoms with Crippen LogP contribution in [0.5, 0.6) is 0 Å². The summed E-state index contributed by atoms with van der Waals surface area (Å²) >= 11 is 0. The van der Waals surface area contributed by atoms with E-state index in [-0.39, 0.29) is 24.7 Å². The average molecular weight is 308 g/mol. The van der Waals surface area contributed by atoms with E-state index in [0.29, 0.717) is 5.92 Å². The molecule has 0 unspecified atom stereocenters. The number of rotatable bonds is 5. The Labute approximate surface area is 131 Å². The van der Waals surface area contributed by atoms with E-state index in [9.17, 15) is 4.79 Å². The predicted octanol–water partition coefficient (Wildman–Crippen LogP) is 0.974. The van der Waals surface area contributed by atoms with Gasteiger partial charge in [0.15, 0.2) is 0 Å². The van der Waals surface area contributed by atoms with Gasteiger partial charge in [0.1, 0.15) is 12.4 Å². The zero-order valence-electron chi connectivity index (χ0n) is 13.2. The minimum Gasteiger partial charge on any atom is -0.468 e. The second-order valence-electron chi connectivity index (χ2n) is 6.09. The highest BCUT2D eigenvalue weighted by atomic mass is 16.5. The normalized spacial score (nSPS) is 28.8. The van der Waals surface area contributed by atoms with Crippen LogP contribution in [-0.4, -0.2) is 68.3 Å². The van der Waals surface area contributed by atoms with Crippen LogP contribution < -0.4 is 0 Å². The Hall–Kier alpha value is -1.37. The number of likely N-dealkylation sites (tertiary alicyclic amines) is 2. The van der Waals surface area contributed by atoms with Crippen molar-refractivity contribution < 1.29 is 18.7 Å². The lowest BCUT2D eigenvalue weighted by Gasteiger charge is -2.41. The van der Waals surface area contributed by atoms with Crippen molar-refractivity contribution in [2.24, 2.45) is 5.92 Å². The van der Waals surface area contributed by atoms with Gasteiger partial charge >= 0.3 is 0 Å². The zero-order valence-corrected chi connectivity index (χ0v) is 13.2. The number of ether oxygens (including phenoxy) is 2. The maximum Gasteiger partial charge on any atom is 0.248 e. The number of fused-ring (bicyclic) bond motifs is 1. The van der Waals surface area contributed by atoms with Gasteiger partial charge in [-0.05, 0) is 18.6 Å². The molecule has 1 aromatic rings. The third kappa shape index (κ3) is 3.04. The van der Waals surface area contributed by atoms with Crippen molar-refractivity contribution in [3.05, 3.63) is 24.2 Å². The van der Waals surface area contributed by atoms with E-state index < -0.39 is 0 Å². The van der Waals surface area contributed by atoms with Gasteiger partial charge in [-0.25, -0.2) is 0 Å². The molecule has 1 amide bonds. The second-order valence-corrected chi connectivity index (χ2v) is 6.09. The largest absolute Gasteiger partial charge is 0.468 e. The fourth-order valence-corrected chi connectivity index (χ4v) is 3.80. The first-order chi connectivity index (χ1) is 10.7. The van der Waals surface area contributed by atoms with E-state index in [1.54, 1.807) is 20.5 Å². The molecule has 0 spiro atoms. The van der Waals surface area contributed by atoms with E-state index in [1.807, 2.05) is 17.0 Å². The van der Waals surface area contributed by atoms with Crippen molar-refractivity contribution in [2.75, 3.05) is 40.5 Å². The SMILES string of the molecule is COCC(=O)N1CC[C@H](OC)[C@H]2CN(Cc3ccco3)C[C@H]21. The fourth-order valence-electron chi connectivity index (χ4n) is 3.80. The van der Waals surface area contributed by atoms with Gasteiger partial charge < -0.3 is 18.8 Å². The van der Waals surface area contributed by atoms with Crippen molar-refractivity contribution in [1.82, 2.24) is 9.80 Å². The fraction of sp³-hybridized carbons (Fsp3) is 0.688. The first-order valence-corrected chi connectivity index (χ1v) is 7.79. The summed E-state index contributed by atoms with van der Waals surface area (Å²) in [6.07, 6.45) is 2.81. The summed E-state index contributed by atoms with van der Waals surface area (Å²) in [5.41, 5.74) is 0. The van der Waals surface area contributed by atoms with Crippen molar-refractivity contribution in [1.29, 1.82) is 0 Å². The number of carbonyl (C=O) groups is 1. The number of furan rings is 1. The Bertz CT molecular complexity index is 490. The van der Waals surface area contributed by atoms with E-state index in [0.717, 1.165) is 38.4 Å². The lowest BCUT2D eigenvalue weighted by Crippen LogP contribution is -2.54. The van der Waals surface area contributed by atoms with Crippen molar-refractivity contribution in [3.63, 3.8) is 0 Å². The zero-order chi connectivity index (χ0) is 15.5. The molecule has 0 N–H and O–H groups in total. The summed E-state index contributed by atoms with van der Waals surface area (Å²) < 4.78 is 16.1.